The maximum absolute atomic E-state index is 11.6. The molecule has 94 valence electrons. The molecule has 0 saturated heterocycles. The van der Waals surface area contributed by atoms with E-state index in [1.54, 1.807) is 6.20 Å². The van der Waals surface area contributed by atoms with E-state index in [0.717, 1.165) is 0 Å². The Morgan fingerprint density at radius 3 is 2.76 bits per heavy atom. The molecule has 2 amide bonds. The summed E-state index contributed by atoms with van der Waals surface area (Å²) < 4.78 is 0. The molecule has 0 saturated carbocycles. The number of aromatic nitrogens is 2. The molecule has 0 radical (unpaired) electrons. The molecular formula is C9H15N5O3. The van der Waals surface area contributed by atoms with Crippen molar-refractivity contribution in [3.63, 3.8) is 0 Å². The van der Waals surface area contributed by atoms with Crippen LogP contribution in [0.5, 0.6) is 0 Å². The molecular weight excluding hydrogens is 226 g/mol. The zero-order valence-electron chi connectivity index (χ0n) is 9.09. The summed E-state index contributed by atoms with van der Waals surface area (Å²) in [4.78, 5) is 28.9. The molecule has 1 heterocycles. The van der Waals surface area contributed by atoms with E-state index in [-0.39, 0.29) is 6.42 Å². The number of nitrogens with two attached hydrogens (primary N) is 2. The number of imidazole rings is 1. The average Bonchev–Trinajstić information content (AvgIpc) is 2.77. The van der Waals surface area contributed by atoms with Gasteiger partial charge in [-0.25, -0.2) is 4.98 Å². The Morgan fingerprint density at radius 1 is 1.59 bits per heavy atom. The first-order valence-corrected chi connectivity index (χ1v) is 4.98. The fourth-order valence-electron chi connectivity index (χ4n) is 1.21. The van der Waals surface area contributed by atoms with Crippen LogP contribution in [0.1, 0.15) is 5.69 Å². The van der Waals surface area contributed by atoms with Crippen LogP contribution in [0.3, 0.4) is 0 Å². The van der Waals surface area contributed by atoms with Gasteiger partial charge in [0.25, 0.3) is 0 Å². The lowest BCUT2D eigenvalue weighted by atomic mass is 10.1. The predicted molar refractivity (Wildman–Crippen MR) is 58.5 cm³/mol. The van der Waals surface area contributed by atoms with Crippen molar-refractivity contribution in [2.24, 2.45) is 11.5 Å². The molecule has 17 heavy (non-hydrogen) atoms. The molecule has 8 nitrogen and oxygen atoms in total. The lowest BCUT2D eigenvalue weighted by Crippen LogP contribution is -2.52. The Morgan fingerprint density at radius 2 is 2.29 bits per heavy atom. The maximum atomic E-state index is 11.6. The highest BCUT2D eigenvalue weighted by molar-refractivity contribution is 5.89. The molecule has 1 rings (SSSR count). The molecule has 7 N–H and O–H groups in total. The Bertz CT molecular complexity index is 378. The van der Waals surface area contributed by atoms with Crippen LogP contribution in [0.25, 0.3) is 0 Å². The van der Waals surface area contributed by atoms with Gasteiger partial charge in [-0.15, -0.1) is 0 Å². The second-order valence-corrected chi connectivity index (χ2v) is 3.53. The third-order valence-electron chi connectivity index (χ3n) is 2.17. The van der Waals surface area contributed by atoms with Crippen molar-refractivity contribution >= 4 is 11.8 Å². The lowest BCUT2D eigenvalue weighted by molar-refractivity contribution is -0.129. The number of primary amides is 1. The predicted octanol–water partition coefficient (Wildman–Crippen LogP) is -2.76. The van der Waals surface area contributed by atoms with Crippen molar-refractivity contribution < 1.29 is 14.7 Å². The molecule has 2 atom stereocenters. The van der Waals surface area contributed by atoms with Gasteiger partial charge in [0.1, 0.15) is 6.04 Å². The smallest absolute Gasteiger partial charge is 0.242 e. The van der Waals surface area contributed by atoms with Gasteiger partial charge >= 0.3 is 0 Å². The Hall–Kier alpha value is -1.93. The Labute approximate surface area is 97.4 Å². The highest BCUT2D eigenvalue weighted by Crippen LogP contribution is 1.96. The van der Waals surface area contributed by atoms with Crippen LogP contribution in [-0.2, 0) is 16.0 Å². The summed E-state index contributed by atoms with van der Waals surface area (Å²) in [7, 11) is 0. The van der Waals surface area contributed by atoms with Gasteiger partial charge in [0.15, 0.2) is 0 Å². The molecule has 0 aromatic carbocycles. The molecule has 1 aromatic rings. The van der Waals surface area contributed by atoms with Crippen LogP contribution in [0.15, 0.2) is 12.5 Å². The molecule has 0 aliphatic rings. The molecule has 0 fully saturated rings. The first kappa shape index (κ1) is 13.1. The van der Waals surface area contributed by atoms with E-state index < -0.39 is 30.5 Å². The summed E-state index contributed by atoms with van der Waals surface area (Å²) in [6.45, 7) is -0.558. The number of carbonyl (C=O) groups excluding carboxylic acids is 2. The minimum Gasteiger partial charge on any atom is -0.394 e. The summed E-state index contributed by atoms with van der Waals surface area (Å²) in [6, 6.07) is -1.96. The van der Waals surface area contributed by atoms with Crippen molar-refractivity contribution in [3.8, 4) is 0 Å². The van der Waals surface area contributed by atoms with Crippen molar-refractivity contribution in [3.05, 3.63) is 18.2 Å². The van der Waals surface area contributed by atoms with Crippen LogP contribution in [0.2, 0.25) is 0 Å². The lowest BCUT2D eigenvalue weighted by Gasteiger charge is -2.16. The van der Waals surface area contributed by atoms with E-state index in [9.17, 15) is 9.59 Å². The third-order valence-corrected chi connectivity index (χ3v) is 2.17. The number of nitrogens with one attached hydrogen (secondary N) is 2. The number of rotatable bonds is 6. The number of aromatic amines is 1. The largest absolute Gasteiger partial charge is 0.394 e. The number of hydrogen-bond acceptors (Lipinski definition) is 5. The van der Waals surface area contributed by atoms with Crippen LogP contribution >= 0.6 is 0 Å². The molecule has 1 aromatic heterocycles. The summed E-state index contributed by atoms with van der Waals surface area (Å²) in [6.07, 6.45) is 3.27. The minimum absolute atomic E-state index is 0.253. The molecule has 0 aliphatic heterocycles. The van der Waals surface area contributed by atoms with E-state index in [1.165, 1.54) is 6.33 Å². The first-order valence-electron chi connectivity index (χ1n) is 4.98. The van der Waals surface area contributed by atoms with Gasteiger partial charge in [0, 0.05) is 18.3 Å². The van der Waals surface area contributed by atoms with Crippen molar-refractivity contribution in [1.82, 2.24) is 15.3 Å². The van der Waals surface area contributed by atoms with Gasteiger partial charge in [0.05, 0.1) is 19.0 Å². The normalized spacial score (nSPS) is 14.0. The van der Waals surface area contributed by atoms with Crippen LogP contribution in [0, 0.1) is 0 Å². The van der Waals surface area contributed by atoms with Gasteiger partial charge in [-0.3, -0.25) is 9.59 Å². The second-order valence-electron chi connectivity index (χ2n) is 3.53. The monoisotopic (exact) mass is 241 g/mol. The summed E-state index contributed by atoms with van der Waals surface area (Å²) in [5.74, 6) is -1.37. The number of aliphatic hydroxyl groups excluding tert-OH is 1. The van der Waals surface area contributed by atoms with E-state index in [0.29, 0.717) is 5.69 Å². The minimum atomic E-state index is -1.12. The van der Waals surface area contributed by atoms with Crippen LogP contribution < -0.4 is 16.8 Å². The van der Waals surface area contributed by atoms with Gasteiger partial charge in [-0.05, 0) is 0 Å². The van der Waals surface area contributed by atoms with Gasteiger partial charge < -0.3 is 26.9 Å². The fraction of sp³-hybridized carbons (Fsp3) is 0.444. The molecule has 0 aliphatic carbocycles. The van der Waals surface area contributed by atoms with Crippen LogP contribution in [-0.4, -0.2) is 45.6 Å². The number of aliphatic hydroxyl groups is 1. The zero-order valence-corrected chi connectivity index (χ0v) is 9.09. The number of H-pyrrole nitrogens is 1. The van der Waals surface area contributed by atoms with Gasteiger partial charge in [0.2, 0.25) is 11.8 Å². The highest BCUT2D eigenvalue weighted by atomic mass is 16.3. The number of nitrogens with zero attached hydrogens (tertiary/aromatic N) is 1. The third kappa shape index (κ3) is 3.85. The first-order chi connectivity index (χ1) is 8.04. The summed E-state index contributed by atoms with van der Waals surface area (Å²) >= 11 is 0. The highest BCUT2D eigenvalue weighted by Gasteiger charge is 2.21. The maximum Gasteiger partial charge on any atom is 0.242 e. The Balaban J connectivity index is 2.49. The molecule has 8 heteroatoms. The fourth-order valence-corrected chi connectivity index (χ4v) is 1.21. The van der Waals surface area contributed by atoms with Crippen molar-refractivity contribution in [2.45, 2.75) is 18.5 Å². The van der Waals surface area contributed by atoms with Crippen molar-refractivity contribution in [1.29, 1.82) is 0 Å². The van der Waals surface area contributed by atoms with E-state index in [2.05, 4.69) is 15.3 Å². The van der Waals surface area contributed by atoms with Gasteiger partial charge in [-0.2, -0.15) is 0 Å². The number of amides is 2. The second kappa shape index (κ2) is 5.97. The van der Waals surface area contributed by atoms with Crippen molar-refractivity contribution in [2.75, 3.05) is 6.61 Å². The van der Waals surface area contributed by atoms with E-state index >= 15 is 0 Å². The van der Waals surface area contributed by atoms with E-state index in [1.807, 2.05) is 0 Å². The van der Waals surface area contributed by atoms with Crippen LogP contribution in [0.4, 0.5) is 0 Å². The standard InChI is InChI=1S/C9H15N5O3/c10-6(1-5-2-12-4-13-5)9(17)14-7(3-15)8(11)16/h2,4,6-7,15H,1,3,10H2,(H2,11,16)(H,12,13)(H,14,17). The van der Waals surface area contributed by atoms with E-state index in [4.69, 9.17) is 16.6 Å². The zero-order chi connectivity index (χ0) is 12.8. The Kier molecular flexibility index (Phi) is 4.61. The molecule has 0 spiro atoms. The van der Waals surface area contributed by atoms with Gasteiger partial charge in [-0.1, -0.05) is 0 Å². The number of carbonyl (C=O) groups is 2. The topological polar surface area (TPSA) is 147 Å². The summed E-state index contributed by atoms with van der Waals surface area (Å²) in [5.41, 5.74) is 11.3. The summed E-state index contributed by atoms with van der Waals surface area (Å²) in [5, 5.41) is 11.1. The molecule has 0 bridgehead atoms. The average molecular weight is 241 g/mol. The molecule has 2 unspecified atom stereocenters. The SMILES string of the molecule is NC(=O)C(CO)NC(=O)C(N)Cc1cnc[nH]1. The quantitative estimate of drug-likeness (QED) is 0.366. The number of hydrogen-bond donors (Lipinski definition) is 5.